The maximum Gasteiger partial charge on any atom is 0.180 e. The van der Waals surface area contributed by atoms with Crippen LogP contribution in [-0.2, 0) is 13.2 Å². The normalized spacial score (nSPS) is 10.4. The molecule has 1 N–H and O–H groups in total. The molecule has 0 atom stereocenters. The fraction of sp³-hybridized carbons (Fsp3) is 0.250. The minimum atomic E-state index is -0.0948. The van der Waals surface area contributed by atoms with Crippen molar-refractivity contribution in [2.24, 2.45) is 0 Å². The zero-order valence-corrected chi connectivity index (χ0v) is 11.3. The maximum atomic E-state index is 9.09. The molecular weight excluding hydrogens is 274 g/mol. The third kappa shape index (κ3) is 2.93. The average molecular weight is 286 g/mol. The first-order chi connectivity index (χ1) is 8.74. The van der Waals surface area contributed by atoms with Gasteiger partial charge in [-0.25, -0.2) is 4.98 Å². The van der Waals surface area contributed by atoms with Crippen LogP contribution >= 0.6 is 22.9 Å². The molecule has 1 aromatic heterocycles. The second-order valence-electron chi connectivity index (χ2n) is 3.54. The van der Waals surface area contributed by atoms with Crippen molar-refractivity contribution >= 4 is 22.9 Å². The molecule has 0 fully saturated rings. The van der Waals surface area contributed by atoms with Gasteiger partial charge in [-0.3, -0.25) is 0 Å². The van der Waals surface area contributed by atoms with E-state index in [0.717, 1.165) is 5.69 Å². The Kier molecular flexibility index (Phi) is 4.41. The highest BCUT2D eigenvalue weighted by Gasteiger charge is 2.12. The quantitative estimate of drug-likeness (QED) is 0.918. The fourth-order valence-corrected chi connectivity index (χ4v) is 2.29. The second kappa shape index (κ2) is 6.04. The first-order valence-electron chi connectivity index (χ1n) is 5.21. The van der Waals surface area contributed by atoms with E-state index in [1.165, 1.54) is 18.4 Å². The summed E-state index contributed by atoms with van der Waals surface area (Å²) in [5.41, 5.74) is 3.26. The topological polar surface area (TPSA) is 51.6 Å². The van der Waals surface area contributed by atoms with E-state index >= 15 is 0 Å². The summed E-state index contributed by atoms with van der Waals surface area (Å²) in [5, 5.41) is 11.4. The molecule has 0 bridgehead atoms. The molecule has 2 rings (SSSR count). The van der Waals surface area contributed by atoms with Gasteiger partial charge in [-0.15, -0.1) is 11.3 Å². The standard InChI is InChI=1S/C12H12ClNO3S/c1-16-11-3-8(4-15)2-10(13)12(11)17-5-9-6-18-7-14-9/h2-3,6-7,15H,4-5H2,1H3. The number of halogens is 1. The molecule has 0 unspecified atom stereocenters. The molecule has 4 nitrogen and oxygen atoms in total. The van der Waals surface area contributed by atoms with Gasteiger partial charge < -0.3 is 14.6 Å². The van der Waals surface area contributed by atoms with E-state index in [4.69, 9.17) is 26.2 Å². The minimum absolute atomic E-state index is 0.0948. The first-order valence-corrected chi connectivity index (χ1v) is 6.53. The van der Waals surface area contributed by atoms with Crippen molar-refractivity contribution in [3.8, 4) is 11.5 Å². The van der Waals surface area contributed by atoms with Crippen LogP contribution in [-0.4, -0.2) is 17.2 Å². The van der Waals surface area contributed by atoms with E-state index in [2.05, 4.69) is 4.98 Å². The summed E-state index contributed by atoms with van der Waals surface area (Å²) in [6, 6.07) is 3.35. The van der Waals surface area contributed by atoms with Crippen LogP contribution in [0.5, 0.6) is 11.5 Å². The number of hydrogen-bond donors (Lipinski definition) is 1. The van der Waals surface area contributed by atoms with Gasteiger partial charge in [0.25, 0.3) is 0 Å². The monoisotopic (exact) mass is 285 g/mol. The zero-order valence-electron chi connectivity index (χ0n) is 9.72. The van der Waals surface area contributed by atoms with Crippen LogP contribution < -0.4 is 9.47 Å². The molecule has 0 saturated carbocycles. The van der Waals surface area contributed by atoms with Crippen LogP contribution in [0.15, 0.2) is 23.0 Å². The van der Waals surface area contributed by atoms with Crippen molar-refractivity contribution in [2.45, 2.75) is 13.2 Å². The number of hydrogen-bond acceptors (Lipinski definition) is 5. The number of nitrogens with zero attached hydrogens (tertiary/aromatic N) is 1. The van der Waals surface area contributed by atoms with Crippen molar-refractivity contribution in [1.29, 1.82) is 0 Å². The molecule has 0 aliphatic carbocycles. The fourth-order valence-electron chi connectivity index (χ4n) is 1.46. The lowest BCUT2D eigenvalue weighted by atomic mass is 10.2. The Morgan fingerprint density at radius 3 is 2.89 bits per heavy atom. The lowest BCUT2D eigenvalue weighted by molar-refractivity contribution is 0.273. The van der Waals surface area contributed by atoms with E-state index in [0.29, 0.717) is 28.7 Å². The predicted octanol–water partition coefficient (Wildman–Crippen LogP) is 2.88. The Balaban J connectivity index is 2.20. The first kappa shape index (κ1) is 13.1. The van der Waals surface area contributed by atoms with Crippen molar-refractivity contribution in [3.63, 3.8) is 0 Å². The number of benzene rings is 1. The van der Waals surface area contributed by atoms with Gasteiger partial charge in [0.2, 0.25) is 0 Å². The number of aliphatic hydroxyl groups is 1. The Labute approximate surface area is 114 Å². The third-order valence-corrected chi connectivity index (χ3v) is 3.24. The molecule has 6 heteroatoms. The molecule has 1 aromatic carbocycles. The molecule has 18 heavy (non-hydrogen) atoms. The molecule has 0 saturated heterocycles. The number of methoxy groups -OCH3 is 1. The van der Waals surface area contributed by atoms with Gasteiger partial charge in [0, 0.05) is 5.38 Å². The lowest BCUT2D eigenvalue weighted by Crippen LogP contribution is -1.99. The maximum absolute atomic E-state index is 9.09. The van der Waals surface area contributed by atoms with Gasteiger partial charge in [-0.2, -0.15) is 0 Å². The Bertz CT molecular complexity index is 516. The van der Waals surface area contributed by atoms with Crippen molar-refractivity contribution < 1.29 is 14.6 Å². The Hall–Kier alpha value is -1.30. The zero-order chi connectivity index (χ0) is 13.0. The Morgan fingerprint density at radius 1 is 1.44 bits per heavy atom. The number of thiazole rings is 1. The van der Waals surface area contributed by atoms with Gasteiger partial charge in [-0.05, 0) is 17.7 Å². The van der Waals surface area contributed by atoms with E-state index < -0.39 is 0 Å². The van der Waals surface area contributed by atoms with Gasteiger partial charge in [0.15, 0.2) is 11.5 Å². The number of ether oxygens (including phenoxy) is 2. The molecule has 0 radical (unpaired) electrons. The van der Waals surface area contributed by atoms with Crippen LogP contribution in [0.1, 0.15) is 11.3 Å². The van der Waals surface area contributed by atoms with Crippen LogP contribution in [0.2, 0.25) is 5.02 Å². The van der Waals surface area contributed by atoms with Gasteiger partial charge in [0.05, 0.1) is 29.9 Å². The van der Waals surface area contributed by atoms with Crippen molar-refractivity contribution in [3.05, 3.63) is 39.3 Å². The SMILES string of the molecule is COc1cc(CO)cc(Cl)c1OCc1cscn1. The largest absolute Gasteiger partial charge is 0.493 e. The smallest absolute Gasteiger partial charge is 0.180 e. The summed E-state index contributed by atoms with van der Waals surface area (Å²) in [6.07, 6.45) is 0. The highest BCUT2D eigenvalue weighted by molar-refractivity contribution is 7.07. The third-order valence-electron chi connectivity index (χ3n) is 2.32. The van der Waals surface area contributed by atoms with E-state index in [-0.39, 0.29) is 6.61 Å². The average Bonchev–Trinajstić information content (AvgIpc) is 2.89. The van der Waals surface area contributed by atoms with E-state index in [9.17, 15) is 0 Å². The summed E-state index contributed by atoms with van der Waals surface area (Å²) in [7, 11) is 1.53. The highest BCUT2D eigenvalue weighted by atomic mass is 35.5. The number of rotatable bonds is 5. The van der Waals surface area contributed by atoms with Crippen molar-refractivity contribution in [2.75, 3.05) is 7.11 Å². The molecule has 1 heterocycles. The van der Waals surface area contributed by atoms with Gasteiger partial charge in [-0.1, -0.05) is 11.6 Å². The van der Waals surface area contributed by atoms with Crippen LogP contribution in [0.25, 0.3) is 0 Å². The molecule has 2 aromatic rings. The summed E-state index contributed by atoms with van der Waals surface area (Å²) in [4.78, 5) is 4.12. The Morgan fingerprint density at radius 2 is 2.28 bits per heavy atom. The molecule has 0 amide bonds. The predicted molar refractivity (Wildman–Crippen MR) is 70.4 cm³/mol. The number of aromatic nitrogens is 1. The van der Waals surface area contributed by atoms with Gasteiger partial charge >= 0.3 is 0 Å². The highest BCUT2D eigenvalue weighted by Crippen LogP contribution is 2.36. The van der Waals surface area contributed by atoms with E-state index in [1.54, 1.807) is 17.6 Å². The van der Waals surface area contributed by atoms with E-state index in [1.807, 2.05) is 5.38 Å². The van der Waals surface area contributed by atoms with Crippen LogP contribution in [0.4, 0.5) is 0 Å². The second-order valence-corrected chi connectivity index (χ2v) is 4.66. The molecule has 0 aliphatic heterocycles. The summed E-state index contributed by atoms with van der Waals surface area (Å²) in [5.74, 6) is 0.964. The van der Waals surface area contributed by atoms with Crippen LogP contribution in [0, 0.1) is 0 Å². The molecular formula is C12H12ClNO3S. The summed E-state index contributed by atoms with van der Waals surface area (Å²) in [6.45, 7) is 0.237. The summed E-state index contributed by atoms with van der Waals surface area (Å²) < 4.78 is 10.8. The molecule has 96 valence electrons. The van der Waals surface area contributed by atoms with Gasteiger partial charge in [0.1, 0.15) is 6.61 Å². The number of aliphatic hydroxyl groups excluding tert-OH is 1. The van der Waals surface area contributed by atoms with Crippen LogP contribution in [0.3, 0.4) is 0 Å². The summed E-state index contributed by atoms with van der Waals surface area (Å²) >= 11 is 7.60. The van der Waals surface area contributed by atoms with Crippen molar-refractivity contribution in [1.82, 2.24) is 4.98 Å². The molecule has 0 aliphatic rings. The molecule has 0 spiro atoms. The minimum Gasteiger partial charge on any atom is -0.493 e. The lowest BCUT2D eigenvalue weighted by Gasteiger charge is -2.12.